The lowest BCUT2D eigenvalue weighted by Crippen LogP contribution is -2.57. The minimum Gasteiger partial charge on any atom is -0.493 e. The van der Waals surface area contributed by atoms with E-state index in [1.165, 1.54) is 23.5 Å². The van der Waals surface area contributed by atoms with E-state index in [4.69, 9.17) is 14.2 Å². The Hall–Kier alpha value is -3.66. The van der Waals surface area contributed by atoms with Gasteiger partial charge in [-0.25, -0.2) is 14.2 Å². The zero-order chi connectivity index (χ0) is 26.3. The molecule has 3 heterocycles. The summed E-state index contributed by atoms with van der Waals surface area (Å²) in [5.74, 6) is 0.603. The highest BCUT2D eigenvalue weighted by atomic mass is 32.1. The van der Waals surface area contributed by atoms with Crippen molar-refractivity contribution in [2.75, 3.05) is 31.6 Å². The van der Waals surface area contributed by atoms with Crippen LogP contribution in [0.3, 0.4) is 0 Å². The third-order valence-electron chi connectivity index (χ3n) is 6.05. The number of fused-ring (bicyclic) bond motifs is 1. The largest absolute Gasteiger partial charge is 0.493 e. The molecule has 0 unspecified atom stereocenters. The van der Waals surface area contributed by atoms with E-state index in [2.05, 4.69) is 4.98 Å². The van der Waals surface area contributed by atoms with Crippen LogP contribution >= 0.6 is 11.3 Å². The van der Waals surface area contributed by atoms with E-state index in [1.54, 1.807) is 41.2 Å². The Bertz CT molecular complexity index is 1330. The molecule has 3 aromatic rings. The summed E-state index contributed by atoms with van der Waals surface area (Å²) in [6, 6.07) is 11.5. The maximum Gasteiger partial charge on any atom is 0.410 e. The van der Waals surface area contributed by atoms with Crippen LogP contribution in [-0.4, -0.2) is 60.3 Å². The van der Waals surface area contributed by atoms with Gasteiger partial charge in [-0.2, -0.15) is 0 Å². The fraction of sp³-hybridized carbons (Fsp3) is 0.370. The standard InChI is InChI=1S/C27H28FN3O5S/c1-27(2,3)36-26(33)30-14-19(15-30)35-21-10-9-18(13-22(21)34-4)31-12-11-20-23(25(31)32)37-24(29-20)16-5-7-17(28)8-6-16/h5-10,13,19H,11-12,14-15H2,1-4H3. The smallest absolute Gasteiger partial charge is 0.410 e. The molecule has 1 saturated heterocycles. The lowest BCUT2D eigenvalue weighted by atomic mass is 10.1. The van der Waals surface area contributed by atoms with Gasteiger partial charge < -0.3 is 24.0 Å². The molecule has 2 amide bonds. The highest BCUT2D eigenvalue weighted by molar-refractivity contribution is 7.17. The summed E-state index contributed by atoms with van der Waals surface area (Å²) in [6.07, 6.45) is 0.0823. The summed E-state index contributed by atoms with van der Waals surface area (Å²) in [6.45, 7) is 6.83. The molecule has 0 aliphatic carbocycles. The fourth-order valence-electron chi connectivity index (χ4n) is 4.18. The number of aromatic nitrogens is 1. The van der Waals surface area contributed by atoms with E-state index in [1.807, 2.05) is 26.8 Å². The minimum absolute atomic E-state index is 0.130. The number of carbonyl (C=O) groups is 2. The molecule has 0 atom stereocenters. The van der Waals surface area contributed by atoms with Gasteiger partial charge in [-0.1, -0.05) is 0 Å². The highest BCUT2D eigenvalue weighted by Crippen LogP contribution is 2.37. The van der Waals surface area contributed by atoms with E-state index in [9.17, 15) is 14.0 Å². The molecule has 5 rings (SSSR count). The molecule has 2 aliphatic heterocycles. The van der Waals surface area contributed by atoms with E-state index in [0.717, 1.165) is 11.3 Å². The molecule has 194 valence electrons. The molecular weight excluding hydrogens is 497 g/mol. The first-order valence-electron chi connectivity index (χ1n) is 12.0. The SMILES string of the molecule is COc1cc(N2CCc3nc(-c4ccc(F)cc4)sc3C2=O)ccc1OC1CN(C(=O)OC(C)(C)C)C1. The van der Waals surface area contributed by atoms with Crippen LogP contribution < -0.4 is 14.4 Å². The second-order valence-corrected chi connectivity index (χ2v) is 11.0. The molecule has 0 radical (unpaired) electrons. The van der Waals surface area contributed by atoms with Gasteiger partial charge in [-0.15, -0.1) is 11.3 Å². The Morgan fingerprint density at radius 2 is 1.84 bits per heavy atom. The van der Waals surface area contributed by atoms with Gasteiger partial charge >= 0.3 is 6.09 Å². The van der Waals surface area contributed by atoms with Gasteiger partial charge in [-0.3, -0.25) is 4.79 Å². The summed E-state index contributed by atoms with van der Waals surface area (Å²) in [7, 11) is 1.55. The van der Waals surface area contributed by atoms with Gasteiger partial charge in [0.2, 0.25) is 0 Å². The van der Waals surface area contributed by atoms with Crippen molar-refractivity contribution < 1.29 is 28.2 Å². The monoisotopic (exact) mass is 525 g/mol. The zero-order valence-corrected chi connectivity index (χ0v) is 21.9. The van der Waals surface area contributed by atoms with Crippen molar-refractivity contribution in [3.63, 3.8) is 0 Å². The number of ether oxygens (including phenoxy) is 3. The van der Waals surface area contributed by atoms with Gasteiger partial charge in [0.1, 0.15) is 27.4 Å². The normalized spacial score (nSPS) is 15.8. The molecule has 1 aromatic heterocycles. The Kier molecular flexibility index (Phi) is 6.53. The Morgan fingerprint density at radius 1 is 1.11 bits per heavy atom. The van der Waals surface area contributed by atoms with Gasteiger partial charge in [0.25, 0.3) is 5.91 Å². The summed E-state index contributed by atoms with van der Waals surface area (Å²) in [4.78, 5) is 34.0. The number of likely N-dealkylation sites (tertiary alicyclic amines) is 1. The van der Waals surface area contributed by atoms with E-state index in [-0.39, 0.29) is 23.9 Å². The average molecular weight is 526 g/mol. The number of amides is 2. The maximum absolute atomic E-state index is 13.3. The van der Waals surface area contributed by atoms with Crippen LogP contribution in [0, 0.1) is 5.82 Å². The molecule has 0 spiro atoms. The molecule has 8 nitrogen and oxygen atoms in total. The highest BCUT2D eigenvalue weighted by Gasteiger charge is 2.36. The van der Waals surface area contributed by atoms with Crippen LogP contribution in [0.2, 0.25) is 0 Å². The molecular formula is C27H28FN3O5S. The predicted molar refractivity (Wildman–Crippen MR) is 138 cm³/mol. The number of hydrogen-bond donors (Lipinski definition) is 0. The van der Waals surface area contributed by atoms with Crippen molar-refractivity contribution in [1.82, 2.24) is 9.88 Å². The van der Waals surface area contributed by atoms with Gasteiger partial charge in [0, 0.05) is 30.3 Å². The van der Waals surface area contributed by atoms with Crippen molar-refractivity contribution in [3.05, 3.63) is 58.9 Å². The van der Waals surface area contributed by atoms with Crippen LogP contribution in [0.4, 0.5) is 14.9 Å². The summed E-state index contributed by atoms with van der Waals surface area (Å²) < 4.78 is 30.3. The van der Waals surface area contributed by atoms with Crippen LogP contribution in [0.1, 0.15) is 36.1 Å². The van der Waals surface area contributed by atoms with Crippen LogP contribution in [0.5, 0.6) is 11.5 Å². The van der Waals surface area contributed by atoms with Crippen molar-refractivity contribution >= 4 is 29.0 Å². The molecule has 1 fully saturated rings. The number of anilines is 1. The molecule has 0 N–H and O–H groups in total. The van der Waals surface area contributed by atoms with Gasteiger partial charge in [0.15, 0.2) is 11.5 Å². The molecule has 2 aliphatic rings. The Morgan fingerprint density at radius 3 is 2.51 bits per heavy atom. The Balaban J connectivity index is 1.27. The van der Waals surface area contributed by atoms with Crippen LogP contribution in [0.15, 0.2) is 42.5 Å². The fourth-order valence-corrected chi connectivity index (χ4v) is 5.25. The second-order valence-electron chi connectivity index (χ2n) is 9.97. The third-order valence-corrected chi connectivity index (χ3v) is 7.19. The second kappa shape index (κ2) is 9.66. The molecule has 2 aromatic carbocycles. The first-order valence-corrected chi connectivity index (χ1v) is 12.8. The van der Waals surface area contributed by atoms with Crippen molar-refractivity contribution in [1.29, 1.82) is 0 Å². The number of halogens is 1. The minimum atomic E-state index is -0.545. The van der Waals surface area contributed by atoms with Crippen LogP contribution in [0.25, 0.3) is 10.6 Å². The van der Waals surface area contributed by atoms with E-state index < -0.39 is 5.60 Å². The number of rotatable bonds is 5. The summed E-state index contributed by atoms with van der Waals surface area (Å²) >= 11 is 1.32. The quantitative estimate of drug-likeness (QED) is 0.458. The van der Waals surface area contributed by atoms with Crippen molar-refractivity contribution in [2.45, 2.75) is 38.9 Å². The van der Waals surface area contributed by atoms with Gasteiger partial charge in [0.05, 0.1) is 25.9 Å². The number of carbonyl (C=O) groups excluding carboxylic acids is 2. The topological polar surface area (TPSA) is 81.2 Å². The maximum atomic E-state index is 13.3. The van der Waals surface area contributed by atoms with Crippen molar-refractivity contribution in [3.8, 4) is 22.1 Å². The predicted octanol–water partition coefficient (Wildman–Crippen LogP) is 5.16. The first-order chi connectivity index (χ1) is 17.6. The lowest BCUT2D eigenvalue weighted by Gasteiger charge is -2.39. The lowest BCUT2D eigenvalue weighted by molar-refractivity contribution is -0.0226. The average Bonchev–Trinajstić information content (AvgIpc) is 3.26. The Labute approximate surface area is 218 Å². The molecule has 0 bridgehead atoms. The summed E-state index contributed by atoms with van der Waals surface area (Å²) in [5, 5.41) is 0.697. The first kappa shape index (κ1) is 25.0. The molecule has 37 heavy (non-hydrogen) atoms. The summed E-state index contributed by atoms with van der Waals surface area (Å²) in [5.41, 5.74) is 1.69. The van der Waals surface area contributed by atoms with E-state index >= 15 is 0 Å². The number of hydrogen-bond acceptors (Lipinski definition) is 7. The number of nitrogens with zero attached hydrogens (tertiary/aromatic N) is 3. The van der Waals surface area contributed by atoms with Crippen molar-refractivity contribution in [2.24, 2.45) is 0 Å². The third kappa shape index (κ3) is 5.24. The molecule has 0 saturated carbocycles. The van der Waals surface area contributed by atoms with E-state index in [0.29, 0.717) is 53.1 Å². The zero-order valence-electron chi connectivity index (χ0n) is 21.1. The number of benzene rings is 2. The molecule has 10 heteroatoms. The van der Waals surface area contributed by atoms with Gasteiger partial charge in [-0.05, 0) is 57.2 Å². The number of methoxy groups -OCH3 is 1. The van der Waals surface area contributed by atoms with Crippen LogP contribution in [-0.2, 0) is 11.2 Å². The number of thiazole rings is 1.